The third kappa shape index (κ3) is 3.18. The fourth-order valence-electron chi connectivity index (χ4n) is 2.11. The molecule has 1 aliphatic heterocycles. The maximum Gasteiger partial charge on any atom is 0.185 e. The van der Waals surface area contributed by atoms with E-state index in [1.165, 1.54) is 13.0 Å². The predicted molar refractivity (Wildman–Crippen MR) is 73.7 cm³/mol. The van der Waals surface area contributed by atoms with Crippen LogP contribution in [0, 0.1) is 0 Å². The number of hydrogen-bond donors (Lipinski definition) is 1. The third-order valence-corrected chi connectivity index (χ3v) is 4.08. The van der Waals surface area contributed by atoms with Crippen molar-refractivity contribution in [2.24, 2.45) is 5.73 Å². The highest BCUT2D eigenvalue weighted by Crippen LogP contribution is 2.24. The van der Waals surface area contributed by atoms with Gasteiger partial charge in [-0.1, -0.05) is 6.92 Å². The van der Waals surface area contributed by atoms with Crippen LogP contribution in [0.25, 0.3) is 0 Å². The fraction of sp³-hybridized carbons (Fsp3) is 0.750. The molecule has 0 aliphatic carbocycles. The van der Waals surface area contributed by atoms with Crippen molar-refractivity contribution in [3.63, 3.8) is 0 Å². The lowest BCUT2D eigenvalue weighted by Crippen LogP contribution is -2.46. The molecule has 17 heavy (non-hydrogen) atoms. The molecule has 0 spiro atoms. The molecule has 5 heteroatoms. The number of nitrogens with zero attached hydrogens (tertiary/aromatic N) is 3. The summed E-state index contributed by atoms with van der Waals surface area (Å²) >= 11 is 1.72. The molecule has 2 rings (SSSR count). The van der Waals surface area contributed by atoms with Gasteiger partial charge in [-0.25, -0.2) is 4.98 Å². The Kier molecular flexibility index (Phi) is 4.36. The van der Waals surface area contributed by atoms with Crippen LogP contribution in [0.1, 0.15) is 32.0 Å². The normalized spacial score (nSPS) is 19.6. The van der Waals surface area contributed by atoms with Gasteiger partial charge in [-0.05, 0) is 19.9 Å². The minimum absolute atomic E-state index is 0.0429. The second kappa shape index (κ2) is 5.80. The summed E-state index contributed by atoms with van der Waals surface area (Å²) in [6, 6.07) is 0.0429. The van der Waals surface area contributed by atoms with Gasteiger partial charge >= 0.3 is 0 Å². The summed E-state index contributed by atoms with van der Waals surface area (Å²) in [5.74, 6) is 0. The molecule has 0 aromatic carbocycles. The standard InChI is InChI=1S/C12H22N4S/c1-3-4-15-5-7-16(8-6-15)12-14-11(9-17-12)10(2)13/h9-10H,3-8,13H2,1-2H3. The first-order valence-electron chi connectivity index (χ1n) is 6.39. The summed E-state index contributed by atoms with van der Waals surface area (Å²) in [5.41, 5.74) is 6.85. The van der Waals surface area contributed by atoms with Crippen LogP contribution in [-0.2, 0) is 0 Å². The van der Waals surface area contributed by atoms with Crippen molar-refractivity contribution in [3.8, 4) is 0 Å². The molecular formula is C12H22N4S. The summed E-state index contributed by atoms with van der Waals surface area (Å²) in [6.45, 7) is 9.93. The topological polar surface area (TPSA) is 45.4 Å². The van der Waals surface area contributed by atoms with Crippen LogP contribution >= 0.6 is 11.3 Å². The van der Waals surface area contributed by atoms with Crippen LogP contribution in [0.5, 0.6) is 0 Å². The van der Waals surface area contributed by atoms with Crippen LogP contribution in [0.3, 0.4) is 0 Å². The Balaban J connectivity index is 1.91. The molecule has 1 aliphatic rings. The molecule has 1 unspecified atom stereocenters. The molecule has 1 atom stereocenters. The van der Waals surface area contributed by atoms with E-state index in [9.17, 15) is 0 Å². The number of piperazine rings is 1. The van der Waals surface area contributed by atoms with Crippen molar-refractivity contribution in [3.05, 3.63) is 11.1 Å². The first-order chi connectivity index (χ1) is 8.20. The Hall–Kier alpha value is -0.650. The van der Waals surface area contributed by atoms with Crippen LogP contribution in [0.15, 0.2) is 5.38 Å². The highest BCUT2D eigenvalue weighted by Gasteiger charge is 2.19. The van der Waals surface area contributed by atoms with E-state index in [2.05, 4.69) is 27.1 Å². The minimum Gasteiger partial charge on any atom is -0.346 e. The maximum absolute atomic E-state index is 5.84. The van der Waals surface area contributed by atoms with Gasteiger partial charge in [0.25, 0.3) is 0 Å². The van der Waals surface area contributed by atoms with Gasteiger partial charge in [0.15, 0.2) is 5.13 Å². The van der Waals surface area contributed by atoms with E-state index in [-0.39, 0.29) is 6.04 Å². The van der Waals surface area contributed by atoms with E-state index in [1.54, 1.807) is 11.3 Å². The number of anilines is 1. The first-order valence-corrected chi connectivity index (χ1v) is 7.27. The predicted octanol–water partition coefficient (Wildman–Crippen LogP) is 1.69. The Morgan fingerprint density at radius 2 is 2.12 bits per heavy atom. The highest BCUT2D eigenvalue weighted by atomic mass is 32.1. The molecule has 2 N–H and O–H groups in total. The SMILES string of the molecule is CCCN1CCN(c2nc(C(C)N)cs2)CC1. The lowest BCUT2D eigenvalue weighted by atomic mass is 10.3. The lowest BCUT2D eigenvalue weighted by Gasteiger charge is -2.34. The van der Waals surface area contributed by atoms with Crippen molar-refractivity contribution >= 4 is 16.5 Å². The second-order valence-electron chi connectivity index (χ2n) is 4.67. The van der Waals surface area contributed by atoms with Crippen molar-refractivity contribution in [2.75, 3.05) is 37.6 Å². The summed E-state index contributed by atoms with van der Waals surface area (Å²) in [5, 5.41) is 3.21. The summed E-state index contributed by atoms with van der Waals surface area (Å²) in [4.78, 5) is 9.51. The van der Waals surface area contributed by atoms with Crippen LogP contribution in [-0.4, -0.2) is 42.6 Å². The first kappa shape index (κ1) is 12.8. The Morgan fingerprint density at radius 1 is 1.41 bits per heavy atom. The van der Waals surface area contributed by atoms with Gasteiger partial charge in [0.2, 0.25) is 0 Å². The van der Waals surface area contributed by atoms with E-state index in [1.807, 2.05) is 6.92 Å². The van der Waals surface area contributed by atoms with Gasteiger partial charge in [0.1, 0.15) is 0 Å². The monoisotopic (exact) mass is 254 g/mol. The van der Waals surface area contributed by atoms with E-state index >= 15 is 0 Å². The zero-order valence-electron chi connectivity index (χ0n) is 10.7. The summed E-state index contributed by atoms with van der Waals surface area (Å²) in [7, 11) is 0. The summed E-state index contributed by atoms with van der Waals surface area (Å²) in [6.07, 6.45) is 1.24. The zero-order valence-corrected chi connectivity index (χ0v) is 11.5. The molecule has 96 valence electrons. The Morgan fingerprint density at radius 3 is 2.65 bits per heavy atom. The Labute approximate surface area is 107 Å². The number of thiazole rings is 1. The molecule has 0 saturated carbocycles. The molecule has 2 heterocycles. The Bertz CT molecular complexity index is 342. The fourth-order valence-corrected chi connectivity index (χ4v) is 3.09. The quantitative estimate of drug-likeness (QED) is 0.888. The average molecular weight is 254 g/mol. The number of rotatable bonds is 4. The largest absolute Gasteiger partial charge is 0.346 e. The van der Waals surface area contributed by atoms with E-state index in [0.29, 0.717) is 0 Å². The number of aromatic nitrogens is 1. The zero-order chi connectivity index (χ0) is 12.3. The van der Waals surface area contributed by atoms with Gasteiger partial charge in [-0.3, -0.25) is 4.90 Å². The number of hydrogen-bond acceptors (Lipinski definition) is 5. The van der Waals surface area contributed by atoms with Crippen LogP contribution < -0.4 is 10.6 Å². The molecule has 0 radical (unpaired) electrons. The second-order valence-corrected chi connectivity index (χ2v) is 5.51. The molecule has 4 nitrogen and oxygen atoms in total. The smallest absolute Gasteiger partial charge is 0.185 e. The van der Waals surface area contributed by atoms with E-state index < -0.39 is 0 Å². The van der Waals surface area contributed by atoms with Crippen molar-refractivity contribution in [1.29, 1.82) is 0 Å². The maximum atomic E-state index is 5.84. The minimum atomic E-state index is 0.0429. The van der Waals surface area contributed by atoms with Gasteiger partial charge in [0.05, 0.1) is 5.69 Å². The van der Waals surface area contributed by atoms with Gasteiger partial charge in [-0.15, -0.1) is 11.3 Å². The van der Waals surface area contributed by atoms with Crippen molar-refractivity contribution in [2.45, 2.75) is 26.3 Å². The third-order valence-electron chi connectivity index (χ3n) is 3.16. The molecule has 0 bridgehead atoms. The van der Waals surface area contributed by atoms with Gasteiger partial charge < -0.3 is 10.6 Å². The molecule has 1 fully saturated rings. The van der Waals surface area contributed by atoms with E-state index in [4.69, 9.17) is 5.73 Å². The van der Waals surface area contributed by atoms with Gasteiger partial charge in [0, 0.05) is 37.6 Å². The molecule has 1 aromatic rings. The lowest BCUT2D eigenvalue weighted by molar-refractivity contribution is 0.258. The van der Waals surface area contributed by atoms with Crippen molar-refractivity contribution in [1.82, 2.24) is 9.88 Å². The van der Waals surface area contributed by atoms with Gasteiger partial charge in [-0.2, -0.15) is 0 Å². The molecular weight excluding hydrogens is 232 g/mol. The number of nitrogens with two attached hydrogens (primary N) is 1. The van der Waals surface area contributed by atoms with Crippen LogP contribution in [0.2, 0.25) is 0 Å². The van der Waals surface area contributed by atoms with Crippen LogP contribution in [0.4, 0.5) is 5.13 Å². The van der Waals surface area contributed by atoms with Crippen molar-refractivity contribution < 1.29 is 0 Å². The average Bonchev–Trinajstić information content (AvgIpc) is 2.80. The molecule has 1 aromatic heterocycles. The molecule has 1 saturated heterocycles. The van der Waals surface area contributed by atoms with E-state index in [0.717, 1.165) is 37.0 Å². The molecule has 0 amide bonds. The highest BCUT2D eigenvalue weighted by molar-refractivity contribution is 7.13. The summed E-state index contributed by atoms with van der Waals surface area (Å²) < 4.78 is 0.